The molecule has 1 aliphatic heterocycles. The van der Waals surface area contributed by atoms with Crippen LogP contribution in [-0.4, -0.2) is 13.2 Å². The number of nitrogen functional groups attached to an aromatic ring is 1. The predicted molar refractivity (Wildman–Crippen MR) is 71.4 cm³/mol. The lowest BCUT2D eigenvalue weighted by molar-refractivity contribution is 0.172. The zero-order valence-corrected chi connectivity index (χ0v) is 10.8. The predicted octanol–water partition coefficient (Wildman–Crippen LogP) is 3.20. The number of nitrogens with two attached hydrogens (primary N) is 1. The molecule has 1 heterocycles. The number of anilines is 3. The zero-order valence-electron chi connectivity index (χ0n) is 10.8. The van der Waals surface area contributed by atoms with Gasteiger partial charge in [0.05, 0.1) is 17.1 Å². The van der Waals surface area contributed by atoms with Gasteiger partial charge in [0.2, 0.25) is 0 Å². The standard InChI is InChI=1S/C14H11F3N2O2/c15-7-1-2-9(14(17)13(7)16)19-10-6-12-11(5-8(10)18)20-3-4-21-12/h1-2,5-6,19H,3-4,18H2. The van der Waals surface area contributed by atoms with Gasteiger partial charge in [0.25, 0.3) is 0 Å². The van der Waals surface area contributed by atoms with Gasteiger partial charge in [-0.25, -0.2) is 13.2 Å². The quantitative estimate of drug-likeness (QED) is 0.660. The van der Waals surface area contributed by atoms with Crippen LogP contribution in [0.15, 0.2) is 24.3 Å². The molecule has 1 aliphatic rings. The van der Waals surface area contributed by atoms with Gasteiger partial charge in [-0.3, -0.25) is 0 Å². The van der Waals surface area contributed by atoms with Crippen LogP contribution in [0.4, 0.5) is 30.2 Å². The molecule has 4 nitrogen and oxygen atoms in total. The van der Waals surface area contributed by atoms with Crippen molar-refractivity contribution in [2.24, 2.45) is 0 Å². The van der Waals surface area contributed by atoms with Crippen LogP contribution >= 0.6 is 0 Å². The summed E-state index contributed by atoms with van der Waals surface area (Å²) in [6, 6.07) is 4.96. The fraction of sp³-hybridized carbons (Fsp3) is 0.143. The van der Waals surface area contributed by atoms with Crippen LogP contribution in [-0.2, 0) is 0 Å². The summed E-state index contributed by atoms with van der Waals surface area (Å²) < 4.78 is 50.5. The Kier molecular flexibility index (Phi) is 3.25. The van der Waals surface area contributed by atoms with Crippen molar-refractivity contribution in [2.45, 2.75) is 0 Å². The van der Waals surface area contributed by atoms with Crippen molar-refractivity contribution < 1.29 is 22.6 Å². The van der Waals surface area contributed by atoms with E-state index < -0.39 is 17.5 Å². The van der Waals surface area contributed by atoms with E-state index in [2.05, 4.69) is 5.32 Å². The number of fused-ring (bicyclic) bond motifs is 1. The van der Waals surface area contributed by atoms with E-state index in [1.54, 1.807) is 0 Å². The van der Waals surface area contributed by atoms with Gasteiger partial charge in [-0.1, -0.05) is 0 Å². The van der Waals surface area contributed by atoms with Crippen LogP contribution in [0.1, 0.15) is 0 Å². The van der Waals surface area contributed by atoms with Crippen molar-refractivity contribution >= 4 is 17.1 Å². The minimum absolute atomic E-state index is 0.225. The summed E-state index contributed by atoms with van der Waals surface area (Å²) in [6.07, 6.45) is 0. The van der Waals surface area contributed by atoms with E-state index in [1.165, 1.54) is 12.1 Å². The first kappa shape index (κ1) is 13.4. The second-order valence-corrected chi connectivity index (χ2v) is 4.43. The number of hydrogen-bond donors (Lipinski definition) is 2. The summed E-state index contributed by atoms with van der Waals surface area (Å²) in [4.78, 5) is 0. The summed E-state index contributed by atoms with van der Waals surface area (Å²) >= 11 is 0. The molecule has 0 fully saturated rings. The smallest absolute Gasteiger partial charge is 0.196 e. The van der Waals surface area contributed by atoms with E-state index in [4.69, 9.17) is 15.2 Å². The molecular formula is C14H11F3N2O2. The lowest BCUT2D eigenvalue weighted by atomic mass is 10.2. The number of nitrogens with one attached hydrogen (secondary N) is 1. The van der Waals surface area contributed by atoms with Crippen LogP contribution in [0.5, 0.6) is 11.5 Å². The molecule has 0 bridgehead atoms. The summed E-state index contributed by atoms with van der Waals surface area (Å²) in [7, 11) is 0. The molecule has 0 aliphatic carbocycles. The molecule has 21 heavy (non-hydrogen) atoms. The fourth-order valence-corrected chi connectivity index (χ4v) is 1.98. The van der Waals surface area contributed by atoms with Crippen molar-refractivity contribution in [1.29, 1.82) is 0 Å². The monoisotopic (exact) mass is 296 g/mol. The molecule has 0 unspecified atom stereocenters. The molecule has 0 saturated carbocycles. The molecule has 3 rings (SSSR count). The Bertz CT molecular complexity index is 707. The Morgan fingerprint density at radius 2 is 1.57 bits per heavy atom. The van der Waals surface area contributed by atoms with Crippen molar-refractivity contribution in [1.82, 2.24) is 0 Å². The maximum atomic E-state index is 13.6. The molecule has 2 aromatic carbocycles. The van der Waals surface area contributed by atoms with Crippen LogP contribution in [0, 0.1) is 17.5 Å². The van der Waals surface area contributed by atoms with E-state index in [9.17, 15) is 13.2 Å². The number of benzene rings is 2. The molecule has 0 aromatic heterocycles. The first-order chi connectivity index (χ1) is 10.1. The van der Waals surface area contributed by atoms with Crippen molar-refractivity contribution in [2.75, 3.05) is 24.3 Å². The second-order valence-electron chi connectivity index (χ2n) is 4.43. The van der Waals surface area contributed by atoms with Gasteiger partial charge in [0, 0.05) is 12.1 Å². The molecule has 2 aromatic rings. The molecule has 0 amide bonds. The van der Waals surface area contributed by atoms with E-state index in [0.29, 0.717) is 30.4 Å². The number of hydrogen-bond acceptors (Lipinski definition) is 4. The molecule has 0 atom stereocenters. The summed E-state index contributed by atoms with van der Waals surface area (Å²) in [6.45, 7) is 0.799. The third-order valence-corrected chi connectivity index (χ3v) is 3.02. The van der Waals surface area contributed by atoms with Gasteiger partial charge in [0.1, 0.15) is 13.2 Å². The van der Waals surface area contributed by atoms with Crippen LogP contribution in [0.3, 0.4) is 0 Å². The number of halogens is 3. The van der Waals surface area contributed by atoms with E-state index in [1.807, 2.05) is 0 Å². The third kappa shape index (κ3) is 2.42. The highest BCUT2D eigenvalue weighted by atomic mass is 19.2. The van der Waals surface area contributed by atoms with Crippen LogP contribution in [0.2, 0.25) is 0 Å². The van der Waals surface area contributed by atoms with Crippen molar-refractivity contribution in [3.05, 3.63) is 41.7 Å². The zero-order chi connectivity index (χ0) is 15.0. The molecule has 110 valence electrons. The Balaban J connectivity index is 1.97. The van der Waals surface area contributed by atoms with Crippen LogP contribution < -0.4 is 20.5 Å². The fourth-order valence-electron chi connectivity index (χ4n) is 1.98. The first-order valence-electron chi connectivity index (χ1n) is 6.16. The maximum Gasteiger partial charge on any atom is 0.196 e. The number of rotatable bonds is 2. The molecule has 0 saturated heterocycles. The average Bonchev–Trinajstić information content (AvgIpc) is 2.48. The minimum Gasteiger partial charge on any atom is -0.486 e. The summed E-state index contributed by atoms with van der Waals surface area (Å²) in [5.74, 6) is -3.19. The van der Waals surface area contributed by atoms with Gasteiger partial charge in [-0.05, 0) is 12.1 Å². The Morgan fingerprint density at radius 3 is 2.29 bits per heavy atom. The minimum atomic E-state index is -1.55. The molecule has 3 N–H and O–H groups in total. The van der Waals surface area contributed by atoms with E-state index >= 15 is 0 Å². The lowest BCUT2D eigenvalue weighted by Crippen LogP contribution is -2.16. The summed E-state index contributed by atoms with van der Waals surface area (Å²) in [5.41, 5.74) is 6.17. The van der Waals surface area contributed by atoms with Gasteiger partial charge in [-0.15, -0.1) is 0 Å². The van der Waals surface area contributed by atoms with E-state index in [0.717, 1.165) is 12.1 Å². The SMILES string of the molecule is Nc1cc2c(cc1Nc1ccc(F)c(F)c1F)OCCO2. The highest BCUT2D eigenvalue weighted by Crippen LogP contribution is 2.38. The largest absolute Gasteiger partial charge is 0.486 e. The highest BCUT2D eigenvalue weighted by molar-refractivity contribution is 5.77. The molecule has 7 heteroatoms. The summed E-state index contributed by atoms with van der Waals surface area (Å²) in [5, 5.41) is 2.62. The van der Waals surface area contributed by atoms with Gasteiger partial charge in [-0.2, -0.15) is 0 Å². The van der Waals surface area contributed by atoms with Crippen LogP contribution in [0.25, 0.3) is 0 Å². The average molecular weight is 296 g/mol. The van der Waals surface area contributed by atoms with Gasteiger partial charge in [0.15, 0.2) is 29.0 Å². The Hall–Kier alpha value is -2.57. The van der Waals surface area contributed by atoms with E-state index in [-0.39, 0.29) is 11.4 Å². The maximum absolute atomic E-state index is 13.6. The lowest BCUT2D eigenvalue weighted by Gasteiger charge is -2.20. The number of ether oxygens (including phenoxy) is 2. The highest BCUT2D eigenvalue weighted by Gasteiger charge is 2.17. The van der Waals surface area contributed by atoms with Crippen molar-refractivity contribution in [3.63, 3.8) is 0 Å². The Morgan fingerprint density at radius 1 is 0.905 bits per heavy atom. The molecule has 0 radical (unpaired) electrons. The van der Waals surface area contributed by atoms with Gasteiger partial charge < -0.3 is 20.5 Å². The Labute approximate surface area is 118 Å². The topological polar surface area (TPSA) is 56.5 Å². The molecule has 0 spiro atoms. The third-order valence-electron chi connectivity index (χ3n) is 3.02. The molecular weight excluding hydrogens is 285 g/mol. The second kappa shape index (κ2) is 5.08. The normalized spacial score (nSPS) is 13.1. The van der Waals surface area contributed by atoms with Gasteiger partial charge >= 0.3 is 0 Å². The van der Waals surface area contributed by atoms with Crippen molar-refractivity contribution in [3.8, 4) is 11.5 Å². The first-order valence-corrected chi connectivity index (χ1v) is 6.16.